The minimum atomic E-state index is -0.490. The van der Waals surface area contributed by atoms with Gasteiger partial charge >= 0.3 is 0 Å². The SMILES string of the molecule is CCCCNC(=O)C(C)NCCOCC(N)=O. The van der Waals surface area contributed by atoms with Gasteiger partial charge < -0.3 is 21.1 Å². The molecular formula is C11H23N3O3. The molecule has 0 saturated heterocycles. The molecule has 2 amide bonds. The number of unbranched alkanes of at least 4 members (excludes halogenated alkanes) is 1. The Balaban J connectivity index is 3.46. The number of hydrogen-bond acceptors (Lipinski definition) is 4. The molecule has 0 heterocycles. The van der Waals surface area contributed by atoms with Gasteiger partial charge in [-0.3, -0.25) is 9.59 Å². The van der Waals surface area contributed by atoms with Gasteiger partial charge in [0.05, 0.1) is 12.6 Å². The van der Waals surface area contributed by atoms with E-state index in [2.05, 4.69) is 17.6 Å². The molecule has 0 aliphatic rings. The lowest BCUT2D eigenvalue weighted by Gasteiger charge is -2.13. The van der Waals surface area contributed by atoms with Gasteiger partial charge in [-0.25, -0.2) is 0 Å². The van der Waals surface area contributed by atoms with Crippen LogP contribution in [0, 0.1) is 0 Å². The Hall–Kier alpha value is -1.14. The predicted octanol–water partition coefficient (Wildman–Crippen LogP) is -0.617. The van der Waals surface area contributed by atoms with Crippen LogP contribution in [0.3, 0.4) is 0 Å². The minimum Gasteiger partial charge on any atom is -0.370 e. The first-order chi connectivity index (χ1) is 8.07. The fourth-order valence-electron chi connectivity index (χ4n) is 1.15. The third-order valence-electron chi connectivity index (χ3n) is 2.16. The zero-order valence-electron chi connectivity index (χ0n) is 10.6. The van der Waals surface area contributed by atoms with Crippen molar-refractivity contribution in [1.29, 1.82) is 0 Å². The molecule has 0 aromatic heterocycles. The molecule has 6 heteroatoms. The number of primary amides is 1. The van der Waals surface area contributed by atoms with Gasteiger partial charge in [-0.1, -0.05) is 13.3 Å². The third kappa shape index (κ3) is 9.77. The van der Waals surface area contributed by atoms with Crippen LogP contribution >= 0.6 is 0 Å². The van der Waals surface area contributed by atoms with E-state index in [1.54, 1.807) is 6.92 Å². The second kappa shape index (κ2) is 10.0. The number of carbonyl (C=O) groups is 2. The van der Waals surface area contributed by atoms with E-state index in [-0.39, 0.29) is 18.6 Å². The Bertz CT molecular complexity index is 234. The fourth-order valence-corrected chi connectivity index (χ4v) is 1.15. The van der Waals surface area contributed by atoms with Crippen LogP contribution in [-0.4, -0.2) is 44.2 Å². The van der Waals surface area contributed by atoms with Crippen molar-refractivity contribution in [3.63, 3.8) is 0 Å². The summed E-state index contributed by atoms with van der Waals surface area (Å²) in [5.41, 5.74) is 4.90. The molecule has 0 fully saturated rings. The van der Waals surface area contributed by atoms with Gasteiger partial charge in [-0.15, -0.1) is 0 Å². The van der Waals surface area contributed by atoms with Crippen molar-refractivity contribution in [2.45, 2.75) is 32.7 Å². The number of nitrogens with one attached hydrogen (secondary N) is 2. The first-order valence-corrected chi connectivity index (χ1v) is 5.95. The number of amides is 2. The number of carbonyl (C=O) groups excluding carboxylic acids is 2. The van der Waals surface area contributed by atoms with Gasteiger partial charge in [0.2, 0.25) is 11.8 Å². The monoisotopic (exact) mass is 245 g/mol. The minimum absolute atomic E-state index is 0.0200. The molecule has 0 bridgehead atoms. The summed E-state index contributed by atoms with van der Waals surface area (Å²) in [5.74, 6) is -0.510. The highest BCUT2D eigenvalue weighted by molar-refractivity contribution is 5.81. The summed E-state index contributed by atoms with van der Waals surface area (Å²) in [6, 6.07) is -0.260. The smallest absolute Gasteiger partial charge is 0.243 e. The molecule has 0 spiro atoms. The molecule has 4 N–H and O–H groups in total. The molecule has 0 aromatic rings. The normalized spacial score (nSPS) is 12.1. The largest absolute Gasteiger partial charge is 0.370 e. The van der Waals surface area contributed by atoms with Gasteiger partial charge in [0.15, 0.2) is 0 Å². The number of rotatable bonds is 10. The Kier molecular flexibility index (Phi) is 9.37. The van der Waals surface area contributed by atoms with Gasteiger partial charge in [-0.05, 0) is 13.3 Å². The number of hydrogen-bond donors (Lipinski definition) is 3. The molecular weight excluding hydrogens is 222 g/mol. The highest BCUT2D eigenvalue weighted by atomic mass is 16.5. The highest BCUT2D eigenvalue weighted by Crippen LogP contribution is 1.86. The summed E-state index contributed by atoms with van der Waals surface area (Å²) in [6.07, 6.45) is 2.04. The van der Waals surface area contributed by atoms with Crippen LogP contribution in [0.4, 0.5) is 0 Å². The Morgan fingerprint density at radius 2 is 2.06 bits per heavy atom. The first-order valence-electron chi connectivity index (χ1n) is 5.95. The molecule has 0 aliphatic heterocycles. The van der Waals surface area contributed by atoms with Gasteiger partial charge in [-0.2, -0.15) is 0 Å². The van der Waals surface area contributed by atoms with Crippen molar-refractivity contribution < 1.29 is 14.3 Å². The summed E-state index contributed by atoms with van der Waals surface area (Å²) in [6.45, 7) is 5.35. The molecule has 1 atom stereocenters. The van der Waals surface area contributed by atoms with Crippen molar-refractivity contribution in [3.8, 4) is 0 Å². The topological polar surface area (TPSA) is 93.4 Å². The van der Waals surface area contributed by atoms with E-state index in [1.165, 1.54) is 0 Å². The standard InChI is InChI=1S/C11H23N3O3/c1-3-4-5-14-11(16)9(2)13-6-7-17-8-10(12)15/h9,13H,3-8H2,1-2H3,(H2,12,15)(H,14,16). The molecule has 17 heavy (non-hydrogen) atoms. The lowest BCUT2D eigenvalue weighted by molar-refractivity contribution is -0.124. The third-order valence-corrected chi connectivity index (χ3v) is 2.16. The van der Waals surface area contributed by atoms with Crippen LogP contribution in [0.5, 0.6) is 0 Å². The average molecular weight is 245 g/mol. The Labute approximate surface area is 102 Å². The van der Waals surface area contributed by atoms with Crippen molar-refractivity contribution in [1.82, 2.24) is 10.6 Å². The summed E-state index contributed by atoms with van der Waals surface area (Å²) < 4.78 is 4.96. The highest BCUT2D eigenvalue weighted by Gasteiger charge is 2.10. The van der Waals surface area contributed by atoms with E-state index in [9.17, 15) is 9.59 Å². The van der Waals surface area contributed by atoms with Crippen LogP contribution < -0.4 is 16.4 Å². The molecule has 0 saturated carbocycles. The van der Waals surface area contributed by atoms with E-state index in [4.69, 9.17) is 10.5 Å². The lowest BCUT2D eigenvalue weighted by atomic mass is 10.3. The first kappa shape index (κ1) is 15.9. The van der Waals surface area contributed by atoms with Crippen molar-refractivity contribution >= 4 is 11.8 Å². The Morgan fingerprint density at radius 3 is 2.65 bits per heavy atom. The van der Waals surface area contributed by atoms with E-state index >= 15 is 0 Å². The number of nitrogens with two attached hydrogens (primary N) is 1. The Morgan fingerprint density at radius 1 is 1.35 bits per heavy atom. The van der Waals surface area contributed by atoms with Gasteiger partial charge in [0.1, 0.15) is 6.61 Å². The van der Waals surface area contributed by atoms with Crippen LogP contribution in [0.2, 0.25) is 0 Å². The number of ether oxygens (including phenoxy) is 1. The predicted molar refractivity (Wildman–Crippen MR) is 65.4 cm³/mol. The maximum Gasteiger partial charge on any atom is 0.243 e. The zero-order valence-corrected chi connectivity index (χ0v) is 10.6. The van der Waals surface area contributed by atoms with Crippen molar-refractivity contribution in [2.75, 3.05) is 26.3 Å². The van der Waals surface area contributed by atoms with E-state index in [1.807, 2.05) is 0 Å². The molecule has 1 unspecified atom stereocenters. The molecule has 0 rings (SSSR count). The van der Waals surface area contributed by atoms with Crippen LogP contribution in [0.15, 0.2) is 0 Å². The summed E-state index contributed by atoms with van der Waals surface area (Å²) in [5, 5.41) is 5.82. The zero-order chi connectivity index (χ0) is 13.1. The molecule has 0 aliphatic carbocycles. The van der Waals surface area contributed by atoms with Gasteiger partial charge in [0, 0.05) is 13.1 Å². The summed E-state index contributed by atoms with van der Waals surface area (Å²) in [4.78, 5) is 21.9. The van der Waals surface area contributed by atoms with Crippen molar-refractivity contribution in [3.05, 3.63) is 0 Å². The molecule has 6 nitrogen and oxygen atoms in total. The van der Waals surface area contributed by atoms with E-state index in [0.29, 0.717) is 19.7 Å². The summed E-state index contributed by atoms with van der Waals surface area (Å²) >= 11 is 0. The van der Waals surface area contributed by atoms with Crippen LogP contribution in [0.25, 0.3) is 0 Å². The molecule has 0 radical (unpaired) electrons. The van der Waals surface area contributed by atoms with Crippen molar-refractivity contribution in [2.24, 2.45) is 5.73 Å². The quantitative estimate of drug-likeness (QED) is 0.447. The fraction of sp³-hybridized carbons (Fsp3) is 0.818. The molecule has 100 valence electrons. The van der Waals surface area contributed by atoms with Crippen LogP contribution in [0.1, 0.15) is 26.7 Å². The lowest BCUT2D eigenvalue weighted by Crippen LogP contribution is -2.43. The average Bonchev–Trinajstić information content (AvgIpc) is 2.28. The second-order valence-electron chi connectivity index (χ2n) is 3.84. The van der Waals surface area contributed by atoms with Crippen LogP contribution in [-0.2, 0) is 14.3 Å². The maximum absolute atomic E-state index is 11.5. The van der Waals surface area contributed by atoms with E-state index < -0.39 is 5.91 Å². The second-order valence-corrected chi connectivity index (χ2v) is 3.84. The van der Waals surface area contributed by atoms with Gasteiger partial charge in [0.25, 0.3) is 0 Å². The van der Waals surface area contributed by atoms with E-state index in [0.717, 1.165) is 12.8 Å². The summed E-state index contributed by atoms with van der Waals surface area (Å²) in [7, 11) is 0. The molecule has 0 aromatic carbocycles. The maximum atomic E-state index is 11.5.